The lowest BCUT2D eigenvalue weighted by Crippen LogP contribution is -2.43. The Morgan fingerprint density at radius 2 is 1.52 bits per heavy atom. The molecular formula is C22H24N2S. The van der Waals surface area contributed by atoms with E-state index >= 15 is 0 Å². The van der Waals surface area contributed by atoms with Gasteiger partial charge in [-0.3, -0.25) is 4.90 Å². The van der Waals surface area contributed by atoms with Crippen molar-refractivity contribution in [1.82, 2.24) is 9.80 Å². The minimum absolute atomic E-state index is 1.05. The van der Waals surface area contributed by atoms with Crippen molar-refractivity contribution < 1.29 is 0 Å². The summed E-state index contributed by atoms with van der Waals surface area (Å²) in [6.07, 6.45) is 0. The van der Waals surface area contributed by atoms with Gasteiger partial charge in [-0.25, -0.2) is 0 Å². The molecule has 3 heteroatoms. The first-order chi connectivity index (χ1) is 12.3. The van der Waals surface area contributed by atoms with Crippen LogP contribution in [0.25, 0.3) is 10.8 Å². The fraction of sp³-hybridized carbons (Fsp3) is 0.273. The second-order valence-electron chi connectivity index (χ2n) is 6.80. The summed E-state index contributed by atoms with van der Waals surface area (Å²) in [4.78, 5) is 7.66. The second-order valence-corrected chi connectivity index (χ2v) is 7.91. The smallest absolute Gasteiger partial charge is 0.0246 e. The average Bonchev–Trinajstić information content (AvgIpc) is 2.65. The zero-order valence-electron chi connectivity index (χ0n) is 14.7. The fourth-order valence-electron chi connectivity index (χ4n) is 3.34. The van der Waals surface area contributed by atoms with E-state index in [2.05, 4.69) is 83.6 Å². The normalized spacial score (nSPS) is 16.4. The second kappa shape index (κ2) is 7.61. The standard InChI is InChI=1S/C22H24N2S/c1-23-12-14-24(15-13-23)17-20-8-4-5-9-22(20)25-21-11-10-18-6-2-3-7-19(18)16-21/h2-11,16H,12-15,17H2,1H3. The summed E-state index contributed by atoms with van der Waals surface area (Å²) in [6, 6.07) is 24.2. The summed E-state index contributed by atoms with van der Waals surface area (Å²) >= 11 is 1.88. The molecular weight excluding hydrogens is 324 g/mol. The highest BCUT2D eigenvalue weighted by Crippen LogP contribution is 2.33. The van der Waals surface area contributed by atoms with Gasteiger partial charge in [0, 0.05) is 42.5 Å². The number of piperazine rings is 1. The molecule has 0 spiro atoms. The number of hydrogen-bond acceptors (Lipinski definition) is 3. The molecule has 4 rings (SSSR count). The molecule has 1 heterocycles. The van der Waals surface area contributed by atoms with Gasteiger partial charge in [-0.1, -0.05) is 60.3 Å². The molecule has 0 unspecified atom stereocenters. The van der Waals surface area contributed by atoms with Crippen molar-refractivity contribution in [2.24, 2.45) is 0 Å². The summed E-state index contributed by atoms with van der Waals surface area (Å²) in [5, 5.41) is 2.61. The third-order valence-corrected chi connectivity index (χ3v) is 6.02. The number of fused-ring (bicyclic) bond motifs is 1. The van der Waals surface area contributed by atoms with Crippen LogP contribution in [0.1, 0.15) is 5.56 Å². The Morgan fingerprint density at radius 3 is 2.36 bits per heavy atom. The first-order valence-electron chi connectivity index (χ1n) is 8.93. The van der Waals surface area contributed by atoms with Gasteiger partial charge >= 0.3 is 0 Å². The Kier molecular flexibility index (Phi) is 5.07. The van der Waals surface area contributed by atoms with Crippen molar-refractivity contribution in [3.05, 3.63) is 72.3 Å². The quantitative estimate of drug-likeness (QED) is 0.672. The van der Waals surface area contributed by atoms with E-state index in [-0.39, 0.29) is 0 Å². The van der Waals surface area contributed by atoms with Gasteiger partial charge in [0.25, 0.3) is 0 Å². The van der Waals surface area contributed by atoms with Gasteiger partial charge in [0.2, 0.25) is 0 Å². The predicted octanol–water partition coefficient (Wildman–Crippen LogP) is 4.74. The lowest BCUT2D eigenvalue weighted by atomic mass is 10.1. The van der Waals surface area contributed by atoms with E-state index in [9.17, 15) is 0 Å². The van der Waals surface area contributed by atoms with Crippen LogP contribution in [0.4, 0.5) is 0 Å². The van der Waals surface area contributed by atoms with Crippen molar-refractivity contribution in [3.63, 3.8) is 0 Å². The zero-order chi connectivity index (χ0) is 17.1. The van der Waals surface area contributed by atoms with E-state index in [1.165, 1.54) is 39.2 Å². The predicted molar refractivity (Wildman–Crippen MR) is 107 cm³/mol. The number of benzene rings is 3. The molecule has 0 radical (unpaired) electrons. The minimum Gasteiger partial charge on any atom is -0.304 e. The Hall–Kier alpha value is -1.81. The lowest BCUT2D eigenvalue weighted by Gasteiger charge is -2.32. The van der Waals surface area contributed by atoms with Crippen LogP contribution < -0.4 is 0 Å². The molecule has 0 amide bonds. The minimum atomic E-state index is 1.05. The Balaban J connectivity index is 1.53. The monoisotopic (exact) mass is 348 g/mol. The first kappa shape index (κ1) is 16.6. The van der Waals surface area contributed by atoms with Crippen LogP contribution in [0, 0.1) is 0 Å². The zero-order valence-corrected chi connectivity index (χ0v) is 15.5. The van der Waals surface area contributed by atoms with Crippen LogP contribution in [-0.2, 0) is 6.54 Å². The third kappa shape index (κ3) is 4.06. The molecule has 25 heavy (non-hydrogen) atoms. The van der Waals surface area contributed by atoms with Gasteiger partial charge in [0.05, 0.1) is 0 Å². The molecule has 0 aliphatic carbocycles. The van der Waals surface area contributed by atoms with Crippen LogP contribution in [0.5, 0.6) is 0 Å². The van der Waals surface area contributed by atoms with Crippen LogP contribution in [0.15, 0.2) is 76.5 Å². The molecule has 0 N–H and O–H groups in total. The van der Waals surface area contributed by atoms with Crippen molar-refractivity contribution in [3.8, 4) is 0 Å². The van der Waals surface area contributed by atoms with Crippen molar-refractivity contribution in [2.45, 2.75) is 16.3 Å². The molecule has 1 fully saturated rings. The number of hydrogen-bond donors (Lipinski definition) is 0. The molecule has 2 nitrogen and oxygen atoms in total. The van der Waals surface area contributed by atoms with E-state index < -0.39 is 0 Å². The maximum atomic E-state index is 2.57. The van der Waals surface area contributed by atoms with Crippen LogP contribution in [0.3, 0.4) is 0 Å². The maximum Gasteiger partial charge on any atom is 0.0246 e. The molecule has 1 aliphatic heterocycles. The molecule has 1 aliphatic rings. The molecule has 128 valence electrons. The highest BCUT2D eigenvalue weighted by Gasteiger charge is 2.15. The van der Waals surface area contributed by atoms with E-state index in [0.29, 0.717) is 0 Å². The van der Waals surface area contributed by atoms with E-state index in [0.717, 1.165) is 19.6 Å². The van der Waals surface area contributed by atoms with Gasteiger partial charge in [-0.15, -0.1) is 0 Å². The van der Waals surface area contributed by atoms with Crippen molar-refractivity contribution >= 4 is 22.5 Å². The third-order valence-electron chi connectivity index (χ3n) is 4.91. The van der Waals surface area contributed by atoms with Crippen LogP contribution in [-0.4, -0.2) is 43.0 Å². The summed E-state index contributed by atoms with van der Waals surface area (Å²) in [5.74, 6) is 0. The average molecular weight is 349 g/mol. The van der Waals surface area contributed by atoms with Crippen LogP contribution in [0.2, 0.25) is 0 Å². The SMILES string of the molecule is CN1CCN(Cc2ccccc2Sc2ccc3ccccc3c2)CC1. The first-order valence-corrected chi connectivity index (χ1v) is 9.75. The molecule has 0 aromatic heterocycles. The molecule has 3 aromatic carbocycles. The van der Waals surface area contributed by atoms with Crippen molar-refractivity contribution in [1.29, 1.82) is 0 Å². The molecule has 0 bridgehead atoms. The Labute approximate surface area is 154 Å². The number of likely N-dealkylation sites (N-methyl/N-ethyl adjacent to an activating group) is 1. The molecule has 0 atom stereocenters. The van der Waals surface area contributed by atoms with Gasteiger partial charge in [-0.05, 0) is 41.6 Å². The Morgan fingerprint density at radius 1 is 0.800 bits per heavy atom. The fourth-order valence-corrected chi connectivity index (χ4v) is 4.32. The molecule has 3 aromatic rings. The summed E-state index contributed by atoms with van der Waals surface area (Å²) in [5.41, 5.74) is 1.44. The van der Waals surface area contributed by atoms with Crippen molar-refractivity contribution in [2.75, 3.05) is 33.2 Å². The topological polar surface area (TPSA) is 6.48 Å². The van der Waals surface area contributed by atoms with Gasteiger partial charge in [0.15, 0.2) is 0 Å². The largest absolute Gasteiger partial charge is 0.304 e. The van der Waals surface area contributed by atoms with Crippen LogP contribution >= 0.6 is 11.8 Å². The van der Waals surface area contributed by atoms with Gasteiger partial charge in [0.1, 0.15) is 0 Å². The molecule has 1 saturated heterocycles. The number of rotatable bonds is 4. The van der Waals surface area contributed by atoms with E-state index in [1.54, 1.807) is 0 Å². The van der Waals surface area contributed by atoms with Gasteiger partial charge in [-0.2, -0.15) is 0 Å². The number of nitrogens with zero attached hydrogens (tertiary/aromatic N) is 2. The summed E-state index contributed by atoms with van der Waals surface area (Å²) in [6.45, 7) is 5.70. The summed E-state index contributed by atoms with van der Waals surface area (Å²) < 4.78 is 0. The molecule has 0 saturated carbocycles. The Bertz CT molecular complexity index is 853. The van der Waals surface area contributed by atoms with Gasteiger partial charge < -0.3 is 4.90 Å². The van der Waals surface area contributed by atoms with E-state index in [4.69, 9.17) is 0 Å². The van der Waals surface area contributed by atoms with E-state index in [1.807, 2.05) is 11.8 Å². The summed E-state index contributed by atoms with van der Waals surface area (Å²) in [7, 11) is 2.21. The highest BCUT2D eigenvalue weighted by molar-refractivity contribution is 7.99. The highest BCUT2D eigenvalue weighted by atomic mass is 32.2. The maximum absolute atomic E-state index is 2.57. The lowest BCUT2D eigenvalue weighted by molar-refractivity contribution is 0.147.